The lowest BCUT2D eigenvalue weighted by molar-refractivity contribution is -0.125. The molecule has 0 radical (unpaired) electrons. The van der Waals surface area contributed by atoms with Crippen molar-refractivity contribution in [1.82, 2.24) is 10.6 Å². The number of rotatable bonds is 6. The summed E-state index contributed by atoms with van der Waals surface area (Å²) in [6.45, 7) is 8.07. The highest BCUT2D eigenvalue weighted by Gasteiger charge is 2.28. The van der Waals surface area contributed by atoms with Gasteiger partial charge in [0, 0.05) is 26.3 Å². The summed E-state index contributed by atoms with van der Waals surface area (Å²) in [7, 11) is 0. The second-order valence-corrected chi connectivity index (χ2v) is 4.08. The van der Waals surface area contributed by atoms with Crippen LogP contribution < -0.4 is 10.6 Å². The van der Waals surface area contributed by atoms with E-state index in [4.69, 9.17) is 4.74 Å². The molecular formula is C11H22N2O2. The van der Waals surface area contributed by atoms with Gasteiger partial charge in [0.1, 0.15) is 0 Å². The predicted octanol–water partition coefficient (Wildman–Crippen LogP) is 0.385. The first kappa shape index (κ1) is 12.5. The molecule has 4 nitrogen and oxygen atoms in total. The molecule has 0 saturated carbocycles. The van der Waals surface area contributed by atoms with E-state index in [-0.39, 0.29) is 11.8 Å². The van der Waals surface area contributed by atoms with Crippen LogP contribution in [0.15, 0.2) is 0 Å². The van der Waals surface area contributed by atoms with Gasteiger partial charge in [0.05, 0.1) is 5.92 Å². The van der Waals surface area contributed by atoms with E-state index < -0.39 is 0 Å². The van der Waals surface area contributed by atoms with Crippen molar-refractivity contribution in [3.63, 3.8) is 0 Å². The lowest BCUT2D eigenvalue weighted by Gasteiger charge is -2.13. The average Bonchev–Trinajstić information content (AvgIpc) is 2.64. The highest BCUT2D eigenvalue weighted by molar-refractivity contribution is 5.79. The van der Waals surface area contributed by atoms with Gasteiger partial charge in [-0.15, -0.1) is 0 Å². The minimum atomic E-state index is 0.150. The smallest absolute Gasteiger partial charge is 0.224 e. The maximum Gasteiger partial charge on any atom is 0.224 e. The average molecular weight is 214 g/mol. The molecule has 1 heterocycles. The molecule has 2 N–H and O–H groups in total. The summed E-state index contributed by atoms with van der Waals surface area (Å²) in [6, 6.07) is 0. The van der Waals surface area contributed by atoms with E-state index in [1.54, 1.807) is 0 Å². The van der Waals surface area contributed by atoms with Crippen molar-refractivity contribution >= 4 is 5.91 Å². The van der Waals surface area contributed by atoms with Crippen LogP contribution in [-0.4, -0.2) is 38.8 Å². The van der Waals surface area contributed by atoms with E-state index in [1.165, 1.54) is 0 Å². The van der Waals surface area contributed by atoms with E-state index >= 15 is 0 Å². The fourth-order valence-corrected chi connectivity index (χ4v) is 1.82. The van der Waals surface area contributed by atoms with Crippen molar-refractivity contribution in [3.8, 4) is 0 Å². The van der Waals surface area contributed by atoms with Crippen molar-refractivity contribution < 1.29 is 9.53 Å². The zero-order valence-electron chi connectivity index (χ0n) is 9.71. The number of carbonyl (C=O) groups excluding carboxylic acids is 1. The Bertz CT molecular complexity index is 197. The van der Waals surface area contributed by atoms with Crippen molar-refractivity contribution in [2.45, 2.75) is 20.3 Å². The first-order valence-electron chi connectivity index (χ1n) is 5.82. The molecule has 88 valence electrons. The summed E-state index contributed by atoms with van der Waals surface area (Å²) in [5, 5.41) is 6.18. The van der Waals surface area contributed by atoms with Crippen LogP contribution in [0.25, 0.3) is 0 Å². The topological polar surface area (TPSA) is 50.4 Å². The van der Waals surface area contributed by atoms with Crippen LogP contribution in [-0.2, 0) is 9.53 Å². The van der Waals surface area contributed by atoms with Gasteiger partial charge in [-0.2, -0.15) is 0 Å². The zero-order chi connectivity index (χ0) is 11.1. The van der Waals surface area contributed by atoms with Crippen molar-refractivity contribution in [2.24, 2.45) is 11.8 Å². The third-order valence-corrected chi connectivity index (χ3v) is 2.82. The Hall–Kier alpha value is -0.610. The number of ether oxygens (including phenoxy) is 1. The van der Waals surface area contributed by atoms with Gasteiger partial charge >= 0.3 is 0 Å². The Morgan fingerprint density at radius 1 is 1.53 bits per heavy atom. The summed E-state index contributed by atoms with van der Waals surface area (Å²) >= 11 is 0. The summed E-state index contributed by atoms with van der Waals surface area (Å²) in [4.78, 5) is 11.7. The van der Waals surface area contributed by atoms with E-state index in [2.05, 4.69) is 17.6 Å². The van der Waals surface area contributed by atoms with Gasteiger partial charge in [0.2, 0.25) is 5.91 Å². The highest BCUT2D eigenvalue weighted by Crippen LogP contribution is 2.15. The van der Waals surface area contributed by atoms with Crippen LogP contribution in [0.4, 0.5) is 0 Å². The largest absolute Gasteiger partial charge is 0.382 e. The standard InChI is InChI=1S/C11H22N2O2/c1-3-15-6-4-5-13-11(14)10-8-12-7-9(10)2/h9-10,12H,3-8H2,1-2H3,(H,13,14). The molecule has 0 aromatic rings. The minimum absolute atomic E-state index is 0.150. The van der Waals surface area contributed by atoms with E-state index in [0.29, 0.717) is 5.92 Å². The molecule has 0 aromatic heterocycles. The molecule has 0 aliphatic carbocycles. The second-order valence-electron chi connectivity index (χ2n) is 4.08. The zero-order valence-corrected chi connectivity index (χ0v) is 9.71. The Balaban J connectivity index is 2.08. The molecule has 1 aliphatic heterocycles. The molecule has 0 aromatic carbocycles. The van der Waals surface area contributed by atoms with Crippen molar-refractivity contribution in [2.75, 3.05) is 32.8 Å². The van der Waals surface area contributed by atoms with Crippen LogP contribution in [0.5, 0.6) is 0 Å². The summed E-state index contributed by atoms with van der Waals surface area (Å²) in [6.07, 6.45) is 0.897. The monoisotopic (exact) mass is 214 g/mol. The van der Waals surface area contributed by atoms with Gasteiger partial charge < -0.3 is 15.4 Å². The SMILES string of the molecule is CCOCCCNC(=O)C1CNCC1C. The van der Waals surface area contributed by atoms with Gasteiger partial charge in [-0.05, 0) is 25.8 Å². The first-order chi connectivity index (χ1) is 7.25. The lowest BCUT2D eigenvalue weighted by Crippen LogP contribution is -2.35. The van der Waals surface area contributed by atoms with Crippen LogP contribution in [0.3, 0.4) is 0 Å². The first-order valence-corrected chi connectivity index (χ1v) is 5.82. The number of amides is 1. The molecule has 0 spiro atoms. The molecule has 1 aliphatic rings. The Morgan fingerprint density at radius 3 is 2.93 bits per heavy atom. The molecule has 4 heteroatoms. The Labute approximate surface area is 91.8 Å². The molecule has 2 atom stereocenters. The minimum Gasteiger partial charge on any atom is -0.382 e. The number of hydrogen-bond donors (Lipinski definition) is 2. The number of hydrogen-bond acceptors (Lipinski definition) is 3. The van der Waals surface area contributed by atoms with E-state index in [1.807, 2.05) is 6.92 Å². The maximum atomic E-state index is 11.7. The number of carbonyl (C=O) groups is 1. The van der Waals surface area contributed by atoms with Gasteiger partial charge in [-0.1, -0.05) is 6.92 Å². The molecule has 1 rings (SSSR count). The summed E-state index contributed by atoms with van der Waals surface area (Å²) in [5.41, 5.74) is 0. The molecule has 1 amide bonds. The van der Waals surface area contributed by atoms with Gasteiger partial charge in [0.25, 0.3) is 0 Å². The van der Waals surface area contributed by atoms with Crippen molar-refractivity contribution in [3.05, 3.63) is 0 Å². The molecule has 2 unspecified atom stereocenters. The van der Waals surface area contributed by atoms with Gasteiger partial charge in [-0.3, -0.25) is 4.79 Å². The van der Waals surface area contributed by atoms with Gasteiger partial charge in [-0.25, -0.2) is 0 Å². The molecular weight excluding hydrogens is 192 g/mol. The van der Waals surface area contributed by atoms with Crippen LogP contribution in [0, 0.1) is 11.8 Å². The Morgan fingerprint density at radius 2 is 2.33 bits per heavy atom. The Kier molecular flexibility index (Phi) is 5.65. The van der Waals surface area contributed by atoms with Crippen LogP contribution in [0.1, 0.15) is 20.3 Å². The third kappa shape index (κ3) is 4.18. The molecule has 15 heavy (non-hydrogen) atoms. The van der Waals surface area contributed by atoms with Crippen LogP contribution in [0.2, 0.25) is 0 Å². The lowest BCUT2D eigenvalue weighted by atomic mass is 9.97. The maximum absolute atomic E-state index is 11.7. The second kappa shape index (κ2) is 6.80. The summed E-state index contributed by atoms with van der Waals surface area (Å²) in [5.74, 6) is 0.790. The predicted molar refractivity (Wildman–Crippen MR) is 59.6 cm³/mol. The third-order valence-electron chi connectivity index (χ3n) is 2.82. The quantitative estimate of drug-likeness (QED) is 0.629. The molecule has 0 bridgehead atoms. The fourth-order valence-electron chi connectivity index (χ4n) is 1.82. The highest BCUT2D eigenvalue weighted by atomic mass is 16.5. The number of nitrogens with one attached hydrogen (secondary N) is 2. The van der Waals surface area contributed by atoms with Crippen LogP contribution >= 0.6 is 0 Å². The summed E-state index contributed by atoms with van der Waals surface area (Å²) < 4.78 is 5.20. The van der Waals surface area contributed by atoms with E-state index in [0.717, 1.165) is 39.3 Å². The fraction of sp³-hybridized carbons (Fsp3) is 0.909. The van der Waals surface area contributed by atoms with E-state index in [9.17, 15) is 4.79 Å². The normalized spacial score (nSPS) is 25.5. The van der Waals surface area contributed by atoms with Crippen molar-refractivity contribution in [1.29, 1.82) is 0 Å². The van der Waals surface area contributed by atoms with Gasteiger partial charge in [0.15, 0.2) is 0 Å². The molecule has 1 fully saturated rings. The molecule has 1 saturated heterocycles.